The molecule has 0 bridgehead atoms. The van der Waals surface area contributed by atoms with Crippen LogP contribution in [0.15, 0.2) is 36.4 Å². The smallest absolute Gasteiger partial charge is 0.143 e. The monoisotopic (exact) mass is 241 g/mol. The van der Waals surface area contributed by atoms with Gasteiger partial charge in [-0.15, -0.1) is 0 Å². The largest absolute Gasteiger partial charge is 0.399 e. The van der Waals surface area contributed by atoms with Crippen molar-refractivity contribution in [1.29, 1.82) is 5.26 Å². The Labute approximate surface area is 105 Å². The summed E-state index contributed by atoms with van der Waals surface area (Å²) in [4.78, 5) is 0. The molecule has 0 heterocycles. The number of hydrogen-bond acceptors (Lipinski definition) is 3. The number of anilines is 3. The minimum absolute atomic E-state index is 0.00808. The highest BCUT2D eigenvalue weighted by atomic mass is 19.1. The SMILES string of the molecule is Cc1cc(N)ccc1Nc1cccc(F)c1C#N. The van der Waals surface area contributed by atoms with E-state index in [9.17, 15) is 4.39 Å². The fourth-order valence-electron chi connectivity index (χ4n) is 1.71. The summed E-state index contributed by atoms with van der Waals surface area (Å²) in [7, 11) is 0. The molecule has 0 aliphatic rings. The molecule has 0 unspecified atom stereocenters. The van der Waals surface area contributed by atoms with Gasteiger partial charge in [-0.3, -0.25) is 0 Å². The Balaban J connectivity index is 2.41. The van der Waals surface area contributed by atoms with Crippen LogP contribution in [0.25, 0.3) is 0 Å². The highest BCUT2D eigenvalue weighted by Gasteiger charge is 2.08. The summed E-state index contributed by atoms with van der Waals surface area (Å²) in [6.07, 6.45) is 0. The summed E-state index contributed by atoms with van der Waals surface area (Å²) in [5, 5.41) is 12.0. The number of benzene rings is 2. The summed E-state index contributed by atoms with van der Waals surface area (Å²) in [5.74, 6) is -0.532. The van der Waals surface area contributed by atoms with Crippen LogP contribution >= 0.6 is 0 Å². The van der Waals surface area contributed by atoms with E-state index in [0.29, 0.717) is 11.4 Å². The van der Waals surface area contributed by atoms with Gasteiger partial charge in [0.25, 0.3) is 0 Å². The maximum absolute atomic E-state index is 13.4. The number of nitrogens with two attached hydrogens (primary N) is 1. The number of hydrogen-bond donors (Lipinski definition) is 2. The minimum Gasteiger partial charge on any atom is -0.399 e. The van der Waals surface area contributed by atoms with Gasteiger partial charge in [-0.2, -0.15) is 5.26 Å². The van der Waals surface area contributed by atoms with E-state index >= 15 is 0 Å². The van der Waals surface area contributed by atoms with E-state index in [2.05, 4.69) is 5.32 Å². The third-order valence-electron chi connectivity index (χ3n) is 2.65. The van der Waals surface area contributed by atoms with Crippen LogP contribution in [0.2, 0.25) is 0 Å². The molecule has 0 spiro atoms. The predicted molar refractivity (Wildman–Crippen MR) is 70.0 cm³/mol. The standard InChI is InChI=1S/C14H12FN3/c1-9-7-10(17)5-6-13(9)18-14-4-2-3-12(15)11(14)8-16/h2-7,18H,17H2,1H3. The zero-order chi connectivity index (χ0) is 13.1. The molecule has 0 atom stereocenters. The molecule has 0 saturated carbocycles. The maximum atomic E-state index is 13.4. The van der Waals surface area contributed by atoms with Gasteiger partial charge in [-0.25, -0.2) is 4.39 Å². The molecule has 18 heavy (non-hydrogen) atoms. The second-order valence-corrected chi connectivity index (χ2v) is 3.97. The quantitative estimate of drug-likeness (QED) is 0.793. The predicted octanol–water partition coefficient (Wildman–Crippen LogP) is 3.33. The van der Waals surface area contributed by atoms with Gasteiger partial charge in [0.15, 0.2) is 0 Å². The number of nitrogens with zero attached hydrogens (tertiary/aromatic N) is 1. The fraction of sp³-hybridized carbons (Fsp3) is 0.0714. The number of nitriles is 1. The van der Waals surface area contributed by atoms with E-state index in [4.69, 9.17) is 11.0 Å². The van der Waals surface area contributed by atoms with Crippen molar-refractivity contribution in [2.24, 2.45) is 0 Å². The molecule has 90 valence electrons. The van der Waals surface area contributed by atoms with E-state index in [1.54, 1.807) is 24.3 Å². The van der Waals surface area contributed by atoms with E-state index in [1.807, 2.05) is 19.1 Å². The lowest BCUT2D eigenvalue weighted by atomic mass is 10.1. The Kier molecular flexibility index (Phi) is 3.16. The van der Waals surface area contributed by atoms with Crippen molar-refractivity contribution in [2.75, 3.05) is 11.1 Å². The first kappa shape index (κ1) is 11.9. The molecule has 2 aromatic rings. The lowest BCUT2D eigenvalue weighted by molar-refractivity contribution is 0.624. The average Bonchev–Trinajstić information content (AvgIpc) is 2.33. The molecule has 4 heteroatoms. The number of nitrogen functional groups attached to an aromatic ring is 1. The molecule has 0 aliphatic heterocycles. The topological polar surface area (TPSA) is 61.8 Å². The number of halogens is 1. The first-order valence-electron chi connectivity index (χ1n) is 5.43. The average molecular weight is 241 g/mol. The summed E-state index contributed by atoms with van der Waals surface area (Å²) in [6.45, 7) is 1.89. The molecule has 0 aliphatic carbocycles. The van der Waals surface area contributed by atoms with Crippen molar-refractivity contribution >= 4 is 17.1 Å². The first-order valence-corrected chi connectivity index (χ1v) is 5.43. The lowest BCUT2D eigenvalue weighted by Gasteiger charge is -2.11. The Morgan fingerprint density at radius 1 is 1.22 bits per heavy atom. The molecule has 0 radical (unpaired) electrons. The molecule has 0 amide bonds. The van der Waals surface area contributed by atoms with E-state index in [-0.39, 0.29) is 5.56 Å². The van der Waals surface area contributed by atoms with Gasteiger partial charge >= 0.3 is 0 Å². The Bertz CT molecular complexity index is 629. The molecular formula is C14H12FN3. The van der Waals surface area contributed by atoms with Gasteiger partial charge in [0.1, 0.15) is 17.4 Å². The maximum Gasteiger partial charge on any atom is 0.143 e. The van der Waals surface area contributed by atoms with Crippen LogP contribution in [0.5, 0.6) is 0 Å². The van der Waals surface area contributed by atoms with Gasteiger partial charge in [0.2, 0.25) is 0 Å². The molecule has 3 nitrogen and oxygen atoms in total. The van der Waals surface area contributed by atoms with Crippen molar-refractivity contribution < 1.29 is 4.39 Å². The van der Waals surface area contributed by atoms with Crippen molar-refractivity contribution in [2.45, 2.75) is 6.92 Å². The zero-order valence-electron chi connectivity index (χ0n) is 9.87. The van der Waals surface area contributed by atoms with E-state index in [1.165, 1.54) is 6.07 Å². The van der Waals surface area contributed by atoms with Gasteiger partial charge < -0.3 is 11.1 Å². The van der Waals surface area contributed by atoms with Crippen molar-refractivity contribution in [3.63, 3.8) is 0 Å². The summed E-state index contributed by atoms with van der Waals surface area (Å²) >= 11 is 0. The second-order valence-electron chi connectivity index (χ2n) is 3.97. The fourth-order valence-corrected chi connectivity index (χ4v) is 1.71. The molecule has 0 saturated heterocycles. The summed E-state index contributed by atoms with van der Waals surface area (Å²) in [6, 6.07) is 11.7. The Morgan fingerprint density at radius 2 is 2.00 bits per heavy atom. The molecular weight excluding hydrogens is 229 g/mol. The first-order chi connectivity index (χ1) is 8.61. The van der Waals surface area contributed by atoms with Crippen LogP contribution < -0.4 is 11.1 Å². The molecule has 0 fully saturated rings. The lowest BCUT2D eigenvalue weighted by Crippen LogP contribution is -1.98. The highest BCUT2D eigenvalue weighted by Crippen LogP contribution is 2.25. The molecule has 3 N–H and O–H groups in total. The molecule has 0 aromatic heterocycles. The normalized spacial score (nSPS) is 9.83. The van der Waals surface area contributed by atoms with Crippen LogP contribution in [0, 0.1) is 24.1 Å². The third kappa shape index (κ3) is 2.25. The highest BCUT2D eigenvalue weighted by molar-refractivity contribution is 5.70. The Morgan fingerprint density at radius 3 is 2.67 bits per heavy atom. The van der Waals surface area contributed by atoms with Crippen LogP contribution in [-0.4, -0.2) is 0 Å². The summed E-state index contributed by atoms with van der Waals surface area (Å²) < 4.78 is 13.4. The zero-order valence-corrected chi connectivity index (χ0v) is 9.87. The number of nitrogens with one attached hydrogen (secondary N) is 1. The Hall–Kier alpha value is -2.54. The van der Waals surface area contributed by atoms with Crippen LogP contribution in [-0.2, 0) is 0 Å². The minimum atomic E-state index is -0.532. The van der Waals surface area contributed by atoms with Gasteiger partial charge in [-0.1, -0.05) is 6.07 Å². The number of aryl methyl sites for hydroxylation is 1. The van der Waals surface area contributed by atoms with Crippen LogP contribution in [0.4, 0.5) is 21.5 Å². The van der Waals surface area contributed by atoms with Crippen molar-refractivity contribution in [3.8, 4) is 6.07 Å². The van der Waals surface area contributed by atoms with Gasteiger partial charge in [0.05, 0.1) is 5.69 Å². The third-order valence-corrected chi connectivity index (χ3v) is 2.65. The molecule has 2 rings (SSSR count). The van der Waals surface area contributed by atoms with Crippen LogP contribution in [0.1, 0.15) is 11.1 Å². The van der Waals surface area contributed by atoms with Gasteiger partial charge in [-0.05, 0) is 42.8 Å². The van der Waals surface area contributed by atoms with E-state index < -0.39 is 5.82 Å². The van der Waals surface area contributed by atoms with Gasteiger partial charge in [0, 0.05) is 11.4 Å². The van der Waals surface area contributed by atoms with Crippen molar-refractivity contribution in [3.05, 3.63) is 53.3 Å². The number of rotatable bonds is 2. The summed E-state index contributed by atoms with van der Waals surface area (Å²) in [5.41, 5.74) is 8.51. The van der Waals surface area contributed by atoms with E-state index in [0.717, 1.165) is 11.3 Å². The van der Waals surface area contributed by atoms with Crippen LogP contribution in [0.3, 0.4) is 0 Å². The van der Waals surface area contributed by atoms with Crippen molar-refractivity contribution in [1.82, 2.24) is 0 Å². The molecule has 2 aromatic carbocycles. The second kappa shape index (κ2) is 4.76.